The van der Waals surface area contributed by atoms with E-state index in [9.17, 15) is 0 Å². The van der Waals surface area contributed by atoms with Crippen LogP contribution in [0.1, 0.15) is 29.7 Å². The van der Waals surface area contributed by atoms with Crippen molar-refractivity contribution < 1.29 is 4.74 Å². The van der Waals surface area contributed by atoms with Crippen molar-refractivity contribution in [3.8, 4) is 6.01 Å². The molecule has 3 aromatic rings. The Balaban J connectivity index is 1.31. The van der Waals surface area contributed by atoms with E-state index >= 15 is 0 Å². The first-order valence-corrected chi connectivity index (χ1v) is 13.5. The van der Waals surface area contributed by atoms with Crippen molar-refractivity contribution in [2.24, 2.45) is 0 Å². The molecule has 7 nitrogen and oxygen atoms in total. The molecule has 184 valence electrons. The van der Waals surface area contributed by atoms with Crippen LogP contribution in [-0.2, 0) is 13.1 Å². The first-order valence-electron chi connectivity index (χ1n) is 12.7. The zero-order chi connectivity index (χ0) is 23.9. The number of anilines is 2. The van der Waals surface area contributed by atoms with Crippen LogP contribution in [0, 0.1) is 6.92 Å². The predicted molar refractivity (Wildman–Crippen MR) is 145 cm³/mol. The number of nitrogens with zero attached hydrogens (tertiary/aromatic N) is 5. The molecule has 0 bridgehead atoms. The molecular formula is C27H33BrN6O. The van der Waals surface area contributed by atoms with E-state index in [1.165, 1.54) is 40.4 Å². The number of piperazine rings is 1. The highest BCUT2D eigenvalue weighted by Gasteiger charge is 2.30. The molecule has 1 aromatic heterocycles. The molecule has 3 aliphatic rings. The third-order valence-corrected chi connectivity index (χ3v) is 8.27. The Labute approximate surface area is 215 Å². The molecule has 4 heterocycles. The van der Waals surface area contributed by atoms with Gasteiger partial charge in [0, 0.05) is 48.8 Å². The standard InChI is InChI=1S/C27H33BrN6O/c1-18-5-6-19-14-25(23(28)13-20(19)12-18)34-15-22-24(16-34)30-27(35-17-21-4-3-9-32(21)2)31-26(22)33-10-7-29-8-11-33/h5-6,12-14,21,29H,3-4,7-11,15-17H2,1-2H3/t21-/m0/s1. The fourth-order valence-electron chi connectivity index (χ4n) is 5.57. The van der Waals surface area contributed by atoms with Crippen molar-refractivity contribution in [1.29, 1.82) is 0 Å². The number of ether oxygens (including phenoxy) is 1. The highest BCUT2D eigenvalue weighted by molar-refractivity contribution is 9.10. The van der Waals surface area contributed by atoms with Crippen molar-refractivity contribution in [3.05, 3.63) is 51.6 Å². The van der Waals surface area contributed by atoms with Crippen LogP contribution in [0.25, 0.3) is 10.8 Å². The zero-order valence-corrected chi connectivity index (χ0v) is 22.1. The highest BCUT2D eigenvalue weighted by Crippen LogP contribution is 2.39. The summed E-state index contributed by atoms with van der Waals surface area (Å²) in [6.07, 6.45) is 2.41. The minimum Gasteiger partial charge on any atom is -0.462 e. The first kappa shape index (κ1) is 23.0. The van der Waals surface area contributed by atoms with Gasteiger partial charge in [0.15, 0.2) is 0 Å². The van der Waals surface area contributed by atoms with Gasteiger partial charge in [-0.3, -0.25) is 0 Å². The second-order valence-electron chi connectivity index (χ2n) is 10.1. The van der Waals surface area contributed by atoms with Crippen molar-refractivity contribution in [3.63, 3.8) is 0 Å². The summed E-state index contributed by atoms with van der Waals surface area (Å²) in [5.74, 6) is 1.04. The van der Waals surface area contributed by atoms with E-state index in [0.29, 0.717) is 18.7 Å². The van der Waals surface area contributed by atoms with Crippen LogP contribution < -0.4 is 19.9 Å². The molecule has 2 aromatic carbocycles. The average Bonchev–Trinajstić information content (AvgIpc) is 3.48. The minimum absolute atomic E-state index is 0.447. The number of hydrogen-bond donors (Lipinski definition) is 1. The van der Waals surface area contributed by atoms with Gasteiger partial charge in [-0.2, -0.15) is 9.97 Å². The van der Waals surface area contributed by atoms with E-state index in [2.05, 4.69) is 80.2 Å². The highest BCUT2D eigenvalue weighted by atomic mass is 79.9. The SMILES string of the molecule is Cc1ccc2cc(N3Cc4nc(OC[C@@H]5CCCN5C)nc(N5CCNCC5)c4C3)c(Br)cc2c1. The number of likely N-dealkylation sites (tertiary alicyclic amines) is 1. The van der Waals surface area contributed by atoms with Crippen LogP contribution in [0.4, 0.5) is 11.5 Å². The minimum atomic E-state index is 0.447. The van der Waals surface area contributed by atoms with Gasteiger partial charge < -0.3 is 24.8 Å². The Morgan fingerprint density at radius 2 is 1.89 bits per heavy atom. The molecule has 0 spiro atoms. The van der Waals surface area contributed by atoms with Crippen molar-refractivity contribution in [2.75, 3.05) is 56.2 Å². The normalized spacial score (nSPS) is 20.6. The van der Waals surface area contributed by atoms with Gasteiger partial charge in [-0.25, -0.2) is 0 Å². The van der Waals surface area contributed by atoms with Gasteiger partial charge in [0.1, 0.15) is 12.4 Å². The van der Waals surface area contributed by atoms with Crippen LogP contribution in [0.3, 0.4) is 0 Å². The number of hydrogen-bond acceptors (Lipinski definition) is 7. The first-order chi connectivity index (χ1) is 17.0. The summed E-state index contributed by atoms with van der Waals surface area (Å²) in [6, 6.07) is 12.1. The summed E-state index contributed by atoms with van der Waals surface area (Å²) < 4.78 is 7.33. The number of fused-ring (bicyclic) bond motifs is 2. The van der Waals surface area contributed by atoms with Gasteiger partial charge in [-0.15, -0.1) is 0 Å². The van der Waals surface area contributed by atoms with Crippen LogP contribution in [0.2, 0.25) is 0 Å². The molecule has 1 atom stereocenters. The van der Waals surface area contributed by atoms with E-state index in [1.807, 2.05) is 0 Å². The van der Waals surface area contributed by atoms with Crippen LogP contribution in [0.15, 0.2) is 34.8 Å². The van der Waals surface area contributed by atoms with Gasteiger partial charge in [0.05, 0.1) is 17.9 Å². The smallest absolute Gasteiger partial charge is 0.318 e. The number of rotatable bonds is 5. The topological polar surface area (TPSA) is 56.8 Å². The van der Waals surface area contributed by atoms with Gasteiger partial charge in [-0.05, 0) is 72.2 Å². The number of aromatic nitrogens is 2. The van der Waals surface area contributed by atoms with Crippen molar-refractivity contribution in [1.82, 2.24) is 20.2 Å². The van der Waals surface area contributed by atoms with Crippen molar-refractivity contribution >= 4 is 38.2 Å². The molecular weight excluding hydrogens is 504 g/mol. The fourth-order valence-corrected chi connectivity index (χ4v) is 6.18. The van der Waals surface area contributed by atoms with Gasteiger partial charge in [0.2, 0.25) is 0 Å². The molecule has 0 aliphatic carbocycles. The number of likely N-dealkylation sites (N-methyl/N-ethyl adjacent to an activating group) is 1. The maximum absolute atomic E-state index is 6.22. The summed E-state index contributed by atoms with van der Waals surface area (Å²) in [6.45, 7) is 9.33. The lowest BCUT2D eigenvalue weighted by atomic mass is 10.1. The molecule has 0 amide bonds. The Morgan fingerprint density at radius 1 is 1.03 bits per heavy atom. The van der Waals surface area contributed by atoms with E-state index in [1.54, 1.807) is 0 Å². The van der Waals surface area contributed by atoms with Gasteiger partial charge in [0.25, 0.3) is 0 Å². The molecule has 3 aliphatic heterocycles. The lowest BCUT2D eigenvalue weighted by molar-refractivity contribution is 0.187. The average molecular weight is 538 g/mol. The number of nitrogens with one attached hydrogen (secondary N) is 1. The molecule has 2 fully saturated rings. The summed E-state index contributed by atoms with van der Waals surface area (Å²) in [7, 11) is 2.18. The Morgan fingerprint density at radius 3 is 2.69 bits per heavy atom. The third kappa shape index (κ3) is 4.59. The zero-order valence-electron chi connectivity index (χ0n) is 20.6. The maximum Gasteiger partial charge on any atom is 0.318 e. The van der Waals surface area contributed by atoms with E-state index in [4.69, 9.17) is 14.7 Å². The van der Waals surface area contributed by atoms with Crippen LogP contribution in [-0.4, -0.2) is 67.3 Å². The largest absolute Gasteiger partial charge is 0.462 e. The third-order valence-electron chi connectivity index (χ3n) is 7.63. The predicted octanol–water partition coefficient (Wildman–Crippen LogP) is 4.10. The second-order valence-corrected chi connectivity index (χ2v) is 10.9. The maximum atomic E-state index is 6.22. The Hall–Kier alpha value is -2.42. The van der Waals surface area contributed by atoms with Crippen LogP contribution >= 0.6 is 15.9 Å². The van der Waals surface area contributed by atoms with Gasteiger partial charge >= 0.3 is 6.01 Å². The fraction of sp³-hybridized carbons (Fsp3) is 0.481. The molecule has 1 N–H and O–H groups in total. The summed E-state index contributed by atoms with van der Waals surface area (Å²) in [5, 5.41) is 5.97. The molecule has 6 rings (SSSR count). The summed E-state index contributed by atoms with van der Waals surface area (Å²) in [5.41, 5.74) is 4.78. The number of halogens is 1. The quantitative estimate of drug-likeness (QED) is 0.526. The molecule has 2 saturated heterocycles. The number of aryl methyl sites for hydroxylation is 1. The van der Waals surface area contributed by atoms with Crippen LogP contribution in [0.5, 0.6) is 6.01 Å². The molecule has 0 saturated carbocycles. The summed E-state index contributed by atoms with van der Waals surface area (Å²) in [4.78, 5) is 17.1. The van der Waals surface area contributed by atoms with E-state index in [-0.39, 0.29) is 0 Å². The molecule has 8 heteroatoms. The lowest BCUT2D eigenvalue weighted by Crippen LogP contribution is -2.44. The lowest BCUT2D eigenvalue weighted by Gasteiger charge is -2.30. The monoisotopic (exact) mass is 536 g/mol. The Bertz CT molecular complexity index is 1240. The number of benzene rings is 2. The van der Waals surface area contributed by atoms with Gasteiger partial charge in [-0.1, -0.05) is 23.8 Å². The molecule has 35 heavy (non-hydrogen) atoms. The van der Waals surface area contributed by atoms with E-state index < -0.39 is 0 Å². The van der Waals surface area contributed by atoms with Crippen molar-refractivity contribution in [2.45, 2.75) is 38.9 Å². The summed E-state index contributed by atoms with van der Waals surface area (Å²) >= 11 is 3.85. The van der Waals surface area contributed by atoms with E-state index in [0.717, 1.165) is 61.8 Å². The molecule has 0 unspecified atom stereocenters. The second kappa shape index (κ2) is 9.56. The Kier molecular flexibility index (Phi) is 6.28. The molecule has 0 radical (unpaired) electrons.